The number of likely N-dealkylation sites (tertiary alicyclic amines) is 1. The van der Waals surface area contributed by atoms with Crippen molar-refractivity contribution in [3.63, 3.8) is 0 Å². The van der Waals surface area contributed by atoms with Crippen molar-refractivity contribution in [2.24, 2.45) is 0 Å². The highest BCUT2D eigenvalue weighted by Gasteiger charge is 2.27. The molecule has 1 saturated heterocycles. The number of ether oxygens (including phenoxy) is 1. The summed E-state index contributed by atoms with van der Waals surface area (Å²) < 4.78 is 5.09. The molecule has 1 aliphatic rings. The van der Waals surface area contributed by atoms with Crippen molar-refractivity contribution in [3.05, 3.63) is 35.9 Å². The smallest absolute Gasteiger partial charge is 0.407 e. The predicted molar refractivity (Wildman–Crippen MR) is 77.0 cm³/mol. The highest BCUT2D eigenvalue weighted by Crippen LogP contribution is 2.19. The van der Waals surface area contributed by atoms with Crippen LogP contribution in [0.4, 0.5) is 9.59 Å². The number of benzene rings is 1. The number of rotatable bonds is 5. The maximum absolute atomic E-state index is 11.5. The number of nitrogens with zero attached hydrogens (tertiary/aromatic N) is 1. The average Bonchev–Trinajstić information content (AvgIpc) is 2.95. The van der Waals surface area contributed by atoms with E-state index in [0.29, 0.717) is 19.5 Å². The van der Waals surface area contributed by atoms with Crippen LogP contribution in [0.25, 0.3) is 0 Å². The lowest BCUT2D eigenvalue weighted by atomic mass is 10.1. The third-order valence-electron chi connectivity index (χ3n) is 3.58. The van der Waals surface area contributed by atoms with Crippen molar-refractivity contribution >= 4 is 12.2 Å². The fourth-order valence-corrected chi connectivity index (χ4v) is 2.50. The molecule has 2 amide bonds. The molecule has 0 aliphatic carbocycles. The summed E-state index contributed by atoms with van der Waals surface area (Å²) in [7, 11) is 0. The molecule has 0 saturated carbocycles. The second-order valence-corrected chi connectivity index (χ2v) is 5.05. The van der Waals surface area contributed by atoms with Crippen molar-refractivity contribution in [3.8, 4) is 0 Å². The van der Waals surface area contributed by atoms with Crippen LogP contribution in [0.1, 0.15) is 24.8 Å². The predicted octanol–water partition coefficient (Wildman–Crippen LogP) is 2.45. The molecule has 1 heterocycles. The van der Waals surface area contributed by atoms with Gasteiger partial charge in [0.2, 0.25) is 0 Å². The molecule has 1 aromatic rings. The number of carboxylic acid groups (broad SMARTS) is 1. The number of carbonyl (C=O) groups excluding carboxylic acids is 1. The highest BCUT2D eigenvalue weighted by molar-refractivity contribution is 5.67. The Kier molecular flexibility index (Phi) is 5.43. The van der Waals surface area contributed by atoms with E-state index in [1.54, 1.807) is 0 Å². The fraction of sp³-hybridized carbons (Fsp3) is 0.467. The lowest BCUT2D eigenvalue weighted by Crippen LogP contribution is -2.37. The molecular weight excluding hydrogens is 272 g/mol. The summed E-state index contributed by atoms with van der Waals surface area (Å²) in [5.74, 6) is 0. The van der Waals surface area contributed by atoms with Crippen LogP contribution >= 0.6 is 0 Å². The normalized spacial score (nSPS) is 17.5. The molecule has 2 N–H and O–H groups in total. The van der Waals surface area contributed by atoms with Crippen molar-refractivity contribution in [1.82, 2.24) is 10.2 Å². The maximum atomic E-state index is 11.5. The minimum Gasteiger partial charge on any atom is -0.465 e. The van der Waals surface area contributed by atoms with Gasteiger partial charge in [0.05, 0.1) is 0 Å². The molecule has 1 aromatic carbocycles. The third-order valence-corrected chi connectivity index (χ3v) is 3.58. The van der Waals surface area contributed by atoms with Gasteiger partial charge in [0.15, 0.2) is 0 Å². The van der Waals surface area contributed by atoms with Gasteiger partial charge in [-0.15, -0.1) is 0 Å². The molecule has 2 rings (SSSR count). The van der Waals surface area contributed by atoms with Gasteiger partial charge in [0, 0.05) is 19.1 Å². The minimum absolute atomic E-state index is 0.00285. The van der Waals surface area contributed by atoms with E-state index in [9.17, 15) is 9.59 Å². The number of hydrogen-bond acceptors (Lipinski definition) is 3. The summed E-state index contributed by atoms with van der Waals surface area (Å²) in [6.45, 7) is 1.23. The van der Waals surface area contributed by atoms with Crippen molar-refractivity contribution in [2.75, 3.05) is 13.1 Å². The van der Waals surface area contributed by atoms with Gasteiger partial charge in [0.1, 0.15) is 6.61 Å². The zero-order valence-corrected chi connectivity index (χ0v) is 11.8. The Hall–Kier alpha value is -2.24. The Morgan fingerprint density at radius 1 is 1.33 bits per heavy atom. The van der Waals surface area contributed by atoms with Crippen molar-refractivity contribution < 1.29 is 19.4 Å². The molecule has 1 fully saturated rings. The first-order valence-corrected chi connectivity index (χ1v) is 7.11. The first-order valence-electron chi connectivity index (χ1n) is 7.11. The third kappa shape index (κ3) is 4.66. The van der Waals surface area contributed by atoms with Crippen LogP contribution < -0.4 is 5.32 Å². The van der Waals surface area contributed by atoms with Gasteiger partial charge in [0.25, 0.3) is 0 Å². The van der Waals surface area contributed by atoms with E-state index in [4.69, 9.17) is 9.84 Å². The zero-order chi connectivity index (χ0) is 15.1. The summed E-state index contributed by atoms with van der Waals surface area (Å²) >= 11 is 0. The molecule has 114 valence electrons. The van der Waals surface area contributed by atoms with Crippen LogP contribution in [0.2, 0.25) is 0 Å². The summed E-state index contributed by atoms with van der Waals surface area (Å²) in [6, 6.07) is 9.44. The molecule has 1 atom stereocenters. The molecule has 0 unspecified atom stereocenters. The van der Waals surface area contributed by atoms with Gasteiger partial charge < -0.3 is 20.1 Å². The van der Waals surface area contributed by atoms with E-state index in [1.807, 2.05) is 30.3 Å². The van der Waals surface area contributed by atoms with Crippen LogP contribution in [-0.4, -0.2) is 41.3 Å². The van der Waals surface area contributed by atoms with Gasteiger partial charge in [-0.1, -0.05) is 30.3 Å². The van der Waals surface area contributed by atoms with Crippen molar-refractivity contribution in [2.45, 2.75) is 31.9 Å². The van der Waals surface area contributed by atoms with E-state index in [1.165, 1.54) is 4.90 Å². The molecule has 6 heteroatoms. The van der Waals surface area contributed by atoms with Gasteiger partial charge in [-0.2, -0.15) is 0 Å². The molecule has 0 bridgehead atoms. The topological polar surface area (TPSA) is 78.9 Å². The van der Waals surface area contributed by atoms with Crippen LogP contribution in [-0.2, 0) is 11.3 Å². The Morgan fingerprint density at radius 3 is 2.81 bits per heavy atom. The summed E-state index contributed by atoms with van der Waals surface area (Å²) in [5.41, 5.74) is 0.931. The number of nitrogens with one attached hydrogen (secondary N) is 1. The molecule has 0 radical (unpaired) electrons. The lowest BCUT2D eigenvalue weighted by molar-refractivity contribution is 0.133. The van der Waals surface area contributed by atoms with E-state index in [0.717, 1.165) is 18.4 Å². The maximum Gasteiger partial charge on any atom is 0.407 e. The Bertz CT molecular complexity index is 478. The molecule has 6 nitrogen and oxygen atoms in total. The Balaban J connectivity index is 1.64. The first-order chi connectivity index (χ1) is 10.2. The van der Waals surface area contributed by atoms with Crippen LogP contribution in [0.5, 0.6) is 0 Å². The SMILES string of the molecule is O=C(NCC[C@@H]1CCCN1C(=O)O)OCc1ccccc1. The first kappa shape index (κ1) is 15.2. The summed E-state index contributed by atoms with van der Waals surface area (Å²) in [4.78, 5) is 24.0. The summed E-state index contributed by atoms with van der Waals surface area (Å²) in [5, 5.41) is 11.7. The number of amides is 2. The second-order valence-electron chi connectivity index (χ2n) is 5.05. The lowest BCUT2D eigenvalue weighted by Gasteiger charge is -2.21. The molecule has 0 aromatic heterocycles. The molecule has 0 spiro atoms. The van der Waals surface area contributed by atoms with Gasteiger partial charge in [-0.25, -0.2) is 9.59 Å². The van der Waals surface area contributed by atoms with Gasteiger partial charge in [-0.3, -0.25) is 0 Å². The Labute approximate surface area is 123 Å². The molecular formula is C15H20N2O4. The highest BCUT2D eigenvalue weighted by atomic mass is 16.5. The number of alkyl carbamates (subject to hydrolysis) is 1. The molecule has 21 heavy (non-hydrogen) atoms. The largest absolute Gasteiger partial charge is 0.465 e. The second kappa shape index (κ2) is 7.52. The van der Waals surface area contributed by atoms with E-state index in [2.05, 4.69) is 5.32 Å². The van der Waals surface area contributed by atoms with E-state index in [-0.39, 0.29) is 12.6 Å². The minimum atomic E-state index is -0.885. The number of carbonyl (C=O) groups is 2. The van der Waals surface area contributed by atoms with E-state index >= 15 is 0 Å². The fourth-order valence-electron chi connectivity index (χ4n) is 2.50. The standard InChI is InChI=1S/C15H20N2O4/c18-14(21-11-12-5-2-1-3-6-12)16-9-8-13-7-4-10-17(13)15(19)20/h1-3,5-6,13H,4,7-11H2,(H,16,18)(H,19,20)/t13-/m0/s1. The van der Waals surface area contributed by atoms with Crippen LogP contribution in [0, 0.1) is 0 Å². The Morgan fingerprint density at radius 2 is 2.10 bits per heavy atom. The van der Waals surface area contributed by atoms with Gasteiger partial charge >= 0.3 is 12.2 Å². The quantitative estimate of drug-likeness (QED) is 0.873. The average molecular weight is 292 g/mol. The number of hydrogen-bond donors (Lipinski definition) is 2. The van der Waals surface area contributed by atoms with Crippen molar-refractivity contribution in [1.29, 1.82) is 0 Å². The summed E-state index contributed by atoms with van der Waals surface area (Å²) in [6.07, 6.45) is 0.998. The molecule has 1 aliphatic heterocycles. The zero-order valence-electron chi connectivity index (χ0n) is 11.8. The monoisotopic (exact) mass is 292 g/mol. The van der Waals surface area contributed by atoms with Crippen LogP contribution in [0.3, 0.4) is 0 Å². The van der Waals surface area contributed by atoms with Gasteiger partial charge in [-0.05, 0) is 24.8 Å². The van der Waals surface area contributed by atoms with E-state index < -0.39 is 12.2 Å². The van der Waals surface area contributed by atoms with Crippen LogP contribution in [0.15, 0.2) is 30.3 Å².